The van der Waals surface area contributed by atoms with E-state index in [2.05, 4.69) is 9.98 Å². The number of methoxy groups -OCH3 is 1. The molecular weight excluding hydrogens is 523 g/mol. The zero-order valence-electron chi connectivity index (χ0n) is 22.9. The first-order chi connectivity index (χ1) is 20.0. The van der Waals surface area contributed by atoms with E-state index in [1.54, 1.807) is 29.9 Å². The van der Waals surface area contributed by atoms with Gasteiger partial charge in [0.05, 0.1) is 42.2 Å². The third-order valence-corrected chi connectivity index (χ3v) is 7.73. The SMILES string of the molecule is COc1cc2c(cc1OCCCCCn1c(=O)nc(-c3ccccc3)c3cc(F)ccc31)N=C[C@@H]1CCCN1C2=O. The molecule has 9 heteroatoms. The van der Waals surface area contributed by atoms with Gasteiger partial charge < -0.3 is 14.4 Å². The number of carbonyl (C=O) groups is 1. The average Bonchev–Trinajstić information content (AvgIpc) is 3.42. The van der Waals surface area contributed by atoms with Gasteiger partial charge in [-0.1, -0.05) is 30.3 Å². The lowest BCUT2D eigenvalue weighted by Gasteiger charge is -2.20. The second kappa shape index (κ2) is 11.5. The maximum absolute atomic E-state index is 14.2. The van der Waals surface area contributed by atoms with E-state index in [0.717, 1.165) is 44.2 Å². The van der Waals surface area contributed by atoms with Gasteiger partial charge in [0.1, 0.15) is 5.82 Å². The predicted molar refractivity (Wildman–Crippen MR) is 156 cm³/mol. The highest BCUT2D eigenvalue weighted by Gasteiger charge is 2.32. The van der Waals surface area contributed by atoms with E-state index in [1.807, 2.05) is 41.4 Å². The number of aryl methyl sites for hydroxylation is 1. The summed E-state index contributed by atoms with van der Waals surface area (Å²) in [6.45, 7) is 1.63. The minimum Gasteiger partial charge on any atom is -0.493 e. The number of hydrogen-bond donors (Lipinski definition) is 0. The molecule has 0 aliphatic carbocycles. The number of fused-ring (bicyclic) bond motifs is 3. The molecule has 6 rings (SSSR count). The van der Waals surface area contributed by atoms with Crippen LogP contribution in [0.1, 0.15) is 42.5 Å². The number of benzene rings is 3. The van der Waals surface area contributed by atoms with E-state index >= 15 is 0 Å². The molecule has 1 amide bonds. The molecule has 0 spiro atoms. The minimum atomic E-state index is -0.373. The van der Waals surface area contributed by atoms with E-state index in [9.17, 15) is 14.0 Å². The standard InChI is InChI=1S/C32H31FN4O4/c1-40-28-18-24-26(34-20-23-11-8-15-36(23)31(24)38)19-29(28)41-16-7-3-6-14-37-27-13-12-22(33)17-25(27)30(35-32(37)39)21-9-4-2-5-10-21/h2,4-5,9-10,12-13,17-20,23H,3,6-8,11,14-16H2,1H3/t23-/m0/s1. The van der Waals surface area contributed by atoms with Crippen molar-refractivity contribution in [1.82, 2.24) is 14.5 Å². The predicted octanol–water partition coefficient (Wildman–Crippen LogP) is 5.78. The van der Waals surface area contributed by atoms with Gasteiger partial charge in [0, 0.05) is 36.3 Å². The zero-order valence-corrected chi connectivity index (χ0v) is 22.9. The monoisotopic (exact) mass is 554 g/mol. The van der Waals surface area contributed by atoms with Gasteiger partial charge in [0.2, 0.25) is 0 Å². The molecule has 3 heterocycles. The molecule has 1 saturated heterocycles. The molecule has 8 nitrogen and oxygen atoms in total. The summed E-state index contributed by atoms with van der Waals surface area (Å²) in [7, 11) is 1.56. The van der Waals surface area contributed by atoms with E-state index in [4.69, 9.17) is 9.47 Å². The second-order valence-corrected chi connectivity index (χ2v) is 10.3. The largest absolute Gasteiger partial charge is 0.493 e. The Morgan fingerprint density at radius 3 is 2.68 bits per heavy atom. The first-order valence-electron chi connectivity index (χ1n) is 14.0. The molecule has 0 saturated carbocycles. The molecule has 41 heavy (non-hydrogen) atoms. The quantitative estimate of drug-likeness (QED) is 0.245. The number of hydrogen-bond acceptors (Lipinski definition) is 6. The first-order valence-corrected chi connectivity index (χ1v) is 14.0. The molecule has 1 atom stereocenters. The van der Waals surface area contributed by atoms with Gasteiger partial charge in [-0.25, -0.2) is 9.18 Å². The number of halogens is 1. The first kappa shape index (κ1) is 26.7. The van der Waals surface area contributed by atoms with Gasteiger partial charge in [0.15, 0.2) is 11.5 Å². The molecule has 0 bridgehead atoms. The van der Waals surface area contributed by atoms with Gasteiger partial charge >= 0.3 is 5.69 Å². The van der Waals surface area contributed by atoms with Crippen LogP contribution in [-0.4, -0.2) is 52.9 Å². The van der Waals surface area contributed by atoms with Crippen LogP contribution in [0.25, 0.3) is 22.2 Å². The van der Waals surface area contributed by atoms with Crippen molar-refractivity contribution >= 4 is 28.7 Å². The molecule has 3 aromatic carbocycles. The van der Waals surface area contributed by atoms with Crippen LogP contribution >= 0.6 is 0 Å². The Bertz CT molecular complexity index is 1690. The van der Waals surface area contributed by atoms with Crippen molar-refractivity contribution in [1.29, 1.82) is 0 Å². The molecule has 4 aromatic rings. The Balaban J connectivity index is 1.11. The molecule has 2 aliphatic heterocycles. The van der Waals surface area contributed by atoms with Crippen LogP contribution in [0.5, 0.6) is 11.5 Å². The van der Waals surface area contributed by atoms with Crippen molar-refractivity contribution in [3.8, 4) is 22.8 Å². The second-order valence-electron chi connectivity index (χ2n) is 10.3. The lowest BCUT2D eigenvalue weighted by Crippen LogP contribution is -2.35. The van der Waals surface area contributed by atoms with Crippen LogP contribution in [0.4, 0.5) is 10.1 Å². The highest BCUT2D eigenvalue weighted by atomic mass is 19.1. The molecular formula is C32H31FN4O4. The van der Waals surface area contributed by atoms with Crippen molar-refractivity contribution in [3.05, 3.63) is 82.5 Å². The van der Waals surface area contributed by atoms with Gasteiger partial charge in [-0.2, -0.15) is 4.98 Å². The Morgan fingerprint density at radius 1 is 1.00 bits per heavy atom. The molecule has 210 valence electrons. The molecule has 0 unspecified atom stereocenters. The summed E-state index contributed by atoms with van der Waals surface area (Å²) < 4.78 is 27.4. The van der Waals surface area contributed by atoms with Crippen molar-refractivity contribution in [2.24, 2.45) is 4.99 Å². The van der Waals surface area contributed by atoms with Crippen LogP contribution in [0.15, 0.2) is 70.5 Å². The summed E-state index contributed by atoms with van der Waals surface area (Å²) in [5.41, 5.74) is 2.67. The summed E-state index contributed by atoms with van der Waals surface area (Å²) >= 11 is 0. The van der Waals surface area contributed by atoms with Gasteiger partial charge in [-0.3, -0.25) is 14.4 Å². The topological polar surface area (TPSA) is 86.0 Å². The van der Waals surface area contributed by atoms with Crippen LogP contribution < -0.4 is 15.2 Å². The van der Waals surface area contributed by atoms with Crippen molar-refractivity contribution < 1.29 is 18.7 Å². The average molecular weight is 555 g/mol. The maximum Gasteiger partial charge on any atom is 0.348 e. The fourth-order valence-corrected chi connectivity index (χ4v) is 5.64. The van der Waals surface area contributed by atoms with E-state index in [1.165, 1.54) is 12.1 Å². The number of amides is 1. The van der Waals surface area contributed by atoms with Crippen LogP contribution in [0.3, 0.4) is 0 Å². The van der Waals surface area contributed by atoms with Gasteiger partial charge in [0.25, 0.3) is 5.91 Å². The summed E-state index contributed by atoms with van der Waals surface area (Å²) in [6.07, 6.45) is 6.03. The van der Waals surface area contributed by atoms with Gasteiger partial charge in [-0.05, 0) is 56.4 Å². The Labute approximate surface area is 237 Å². The van der Waals surface area contributed by atoms with Crippen LogP contribution in [0.2, 0.25) is 0 Å². The zero-order chi connectivity index (χ0) is 28.3. The molecule has 1 aromatic heterocycles. The van der Waals surface area contributed by atoms with Crippen molar-refractivity contribution in [2.45, 2.75) is 44.7 Å². The van der Waals surface area contributed by atoms with Gasteiger partial charge in [-0.15, -0.1) is 0 Å². The third kappa shape index (κ3) is 5.31. The lowest BCUT2D eigenvalue weighted by molar-refractivity contribution is 0.0774. The van der Waals surface area contributed by atoms with Crippen molar-refractivity contribution in [3.63, 3.8) is 0 Å². The molecule has 0 N–H and O–H groups in total. The minimum absolute atomic E-state index is 0.0263. The Morgan fingerprint density at radius 2 is 1.85 bits per heavy atom. The summed E-state index contributed by atoms with van der Waals surface area (Å²) in [5, 5.41) is 0.607. The van der Waals surface area contributed by atoms with Crippen molar-refractivity contribution in [2.75, 3.05) is 20.3 Å². The Hall–Kier alpha value is -4.53. The number of carbonyl (C=O) groups excluding carboxylic acids is 1. The van der Waals surface area contributed by atoms with E-state index < -0.39 is 0 Å². The van der Waals surface area contributed by atoms with Crippen LogP contribution in [-0.2, 0) is 6.54 Å². The number of nitrogens with zero attached hydrogens (tertiary/aromatic N) is 4. The smallest absolute Gasteiger partial charge is 0.348 e. The van der Waals surface area contributed by atoms with E-state index in [-0.39, 0.29) is 23.5 Å². The lowest BCUT2D eigenvalue weighted by atomic mass is 10.1. The number of aliphatic imine (C=N–C) groups is 1. The summed E-state index contributed by atoms with van der Waals surface area (Å²) in [6, 6.07) is 17.3. The molecule has 1 fully saturated rings. The van der Waals surface area contributed by atoms with E-state index in [0.29, 0.717) is 52.5 Å². The highest BCUT2D eigenvalue weighted by Crippen LogP contribution is 2.38. The fraction of sp³-hybridized carbons (Fsp3) is 0.312. The fourth-order valence-electron chi connectivity index (χ4n) is 5.64. The highest BCUT2D eigenvalue weighted by molar-refractivity contribution is 6.03. The third-order valence-electron chi connectivity index (χ3n) is 7.73. The number of unbranched alkanes of at least 4 members (excludes halogenated alkanes) is 2. The summed E-state index contributed by atoms with van der Waals surface area (Å²) in [4.78, 5) is 36.8. The maximum atomic E-state index is 14.2. The summed E-state index contributed by atoms with van der Waals surface area (Å²) in [5.74, 6) is 0.645. The molecule has 0 radical (unpaired) electrons. The Kier molecular flexibility index (Phi) is 7.50. The van der Waals surface area contributed by atoms with Crippen LogP contribution in [0, 0.1) is 5.82 Å². The molecule has 2 aliphatic rings. The normalized spacial score (nSPS) is 16.0. The number of aromatic nitrogens is 2. The number of rotatable bonds is 9. The number of ether oxygens (including phenoxy) is 2.